The standard InChI is InChI=1S/C28H31F4N3O4/c1-16-13-18(6-8-20(16)29)33-22(36)17-5-7-21(30)19(14-17)28(31,32)23(37)34-26-9-11-27(15-26,12-10-26)35-24(38)39-25(2,3)4/h5-8,13-14H,9-12,15H2,1-4H3,(H,33,36)(H,34,37)(H,35,38). The van der Waals surface area contributed by atoms with Crippen molar-refractivity contribution in [2.24, 2.45) is 0 Å². The maximum absolute atomic E-state index is 15.3. The van der Waals surface area contributed by atoms with Crippen molar-refractivity contribution in [3.8, 4) is 0 Å². The van der Waals surface area contributed by atoms with E-state index in [9.17, 15) is 23.2 Å². The predicted molar refractivity (Wildman–Crippen MR) is 135 cm³/mol. The molecule has 3 N–H and O–H groups in total. The molecule has 0 saturated heterocycles. The van der Waals surface area contributed by atoms with Crippen LogP contribution in [0.5, 0.6) is 0 Å². The average Bonchev–Trinajstić information content (AvgIpc) is 3.35. The molecule has 0 radical (unpaired) electrons. The Morgan fingerprint density at radius 1 is 0.872 bits per heavy atom. The van der Waals surface area contributed by atoms with Crippen LogP contribution in [0.15, 0.2) is 36.4 Å². The number of hydrogen-bond donors (Lipinski definition) is 3. The highest BCUT2D eigenvalue weighted by atomic mass is 19.3. The van der Waals surface area contributed by atoms with E-state index in [0.29, 0.717) is 37.8 Å². The number of amides is 3. The van der Waals surface area contributed by atoms with Crippen LogP contribution >= 0.6 is 0 Å². The fourth-order valence-electron chi connectivity index (χ4n) is 5.34. The van der Waals surface area contributed by atoms with Crippen molar-refractivity contribution in [1.82, 2.24) is 10.6 Å². The fourth-order valence-corrected chi connectivity index (χ4v) is 5.34. The fraction of sp³-hybridized carbons (Fsp3) is 0.464. The second-order valence-electron chi connectivity index (χ2n) is 11.5. The number of anilines is 1. The van der Waals surface area contributed by atoms with Gasteiger partial charge in [-0.25, -0.2) is 13.6 Å². The first-order valence-corrected chi connectivity index (χ1v) is 12.6. The molecule has 2 aliphatic rings. The second-order valence-corrected chi connectivity index (χ2v) is 11.5. The zero-order valence-electron chi connectivity index (χ0n) is 22.1. The number of ether oxygens (including phenoxy) is 1. The van der Waals surface area contributed by atoms with E-state index in [2.05, 4.69) is 16.0 Å². The number of alkyl halides is 2. The van der Waals surface area contributed by atoms with Gasteiger partial charge in [-0.05, 0) is 102 Å². The zero-order valence-corrected chi connectivity index (χ0v) is 22.1. The van der Waals surface area contributed by atoms with E-state index in [0.717, 1.165) is 12.1 Å². The van der Waals surface area contributed by atoms with Gasteiger partial charge in [0.2, 0.25) is 0 Å². The monoisotopic (exact) mass is 549 g/mol. The first kappa shape index (κ1) is 28.4. The number of aryl methyl sites for hydroxylation is 1. The summed E-state index contributed by atoms with van der Waals surface area (Å²) in [7, 11) is 0. The summed E-state index contributed by atoms with van der Waals surface area (Å²) in [5.41, 5.74) is -3.44. The molecule has 3 amide bonds. The lowest BCUT2D eigenvalue weighted by Crippen LogP contribution is -2.51. The van der Waals surface area contributed by atoms with Gasteiger partial charge in [0.05, 0.1) is 5.56 Å². The minimum Gasteiger partial charge on any atom is -0.444 e. The van der Waals surface area contributed by atoms with E-state index in [-0.39, 0.29) is 23.2 Å². The molecule has 0 heterocycles. The Labute approximate surface area is 223 Å². The van der Waals surface area contributed by atoms with Crippen LogP contribution in [-0.2, 0) is 15.5 Å². The molecule has 7 nitrogen and oxygen atoms in total. The summed E-state index contributed by atoms with van der Waals surface area (Å²) in [6.07, 6.45) is 1.25. The van der Waals surface area contributed by atoms with E-state index in [4.69, 9.17) is 4.74 Å². The minimum atomic E-state index is -4.28. The molecule has 2 bridgehead atoms. The number of carbonyl (C=O) groups excluding carboxylic acids is 3. The van der Waals surface area contributed by atoms with Crippen LogP contribution in [0.4, 0.5) is 28.0 Å². The highest BCUT2D eigenvalue weighted by molar-refractivity contribution is 6.04. The molecule has 0 unspecified atom stereocenters. The molecule has 2 aromatic rings. The lowest BCUT2D eigenvalue weighted by molar-refractivity contribution is -0.149. The third-order valence-corrected chi connectivity index (χ3v) is 7.25. The first-order valence-electron chi connectivity index (χ1n) is 12.6. The molecule has 39 heavy (non-hydrogen) atoms. The molecule has 0 aliphatic heterocycles. The van der Waals surface area contributed by atoms with Gasteiger partial charge in [0.15, 0.2) is 0 Å². The van der Waals surface area contributed by atoms with Gasteiger partial charge in [0.1, 0.15) is 17.2 Å². The Morgan fingerprint density at radius 2 is 1.46 bits per heavy atom. The summed E-state index contributed by atoms with van der Waals surface area (Å²) in [6.45, 7) is 6.66. The third kappa shape index (κ3) is 6.02. The van der Waals surface area contributed by atoms with Crippen LogP contribution in [0, 0.1) is 18.6 Å². The van der Waals surface area contributed by atoms with Crippen molar-refractivity contribution in [2.75, 3.05) is 5.32 Å². The lowest BCUT2D eigenvalue weighted by atomic mass is 9.91. The molecule has 210 valence electrons. The van der Waals surface area contributed by atoms with Crippen molar-refractivity contribution in [3.63, 3.8) is 0 Å². The molecule has 2 aromatic carbocycles. The van der Waals surface area contributed by atoms with Crippen LogP contribution in [0.1, 0.15) is 74.4 Å². The second kappa shape index (κ2) is 9.84. The average molecular weight is 550 g/mol. The maximum atomic E-state index is 15.3. The van der Waals surface area contributed by atoms with E-state index < -0.39 is 57.7 Å². The Bertz CT molecular complexity index is 1310. The van der Waals surface area contributed by atoms with E-state index >= 15 is 8.78 Å². The van der Waals surface area contributed by atoms with Crippen LogP contribution in [-0.4, -0.2) is 34.6 Å². The SMILES string of the molecule is Cc1cc(NC(=O)c2ccc(F)c(C(F)(F)C(=O)NC34CCC(NC(=O)OC(C)(C)C)(CC3)C4)c2)ccc1F. The number of nitrogens with one attached hydrogen (secondary N) is 3. The Kier molecular flexibility index (Phi) is 7.16. The maximum Gasteiger partial charge on any atom is 0.408 e. The molecule has 0 atom stereocenters. The van der Waals surface area contributed by atoms with Gasteiger partial charge in [-0.15, -0.1) is 0 Å². The summed E-state index contributed by atoms with van der Waals surface area (Å²) in [5.74, 6) is -8.64. The molecule has 0 spiro atoms. The topological polar surface area (TPSA) is 96.5 Å². The normalized spacial score (nSPS) is 22.4. The Hall–Kier alpha value is -3.63. The molecular weight excluding hydrogens is 518 g/mol. The van der Waals surface area contributed by atoms with Crippen LogP contribution < -0.4 is 16.0 Å². The van der Waals surface area contributed by atoms with Gasteiger partial charge in [-0.1, -0.05) is 0 Å². The van der Waals surface area contributed by atoms with Gasteiger partial charge < -0.3 is 20.7 Å². The molecule has 2 fully saturated rings. The van der Waals surface area contributed by atoms with Crippen molar-refractivity contribution < 1.29 is 36.7 Å². The predicted octanol–water partition coefficient (Wildman–Crippen LogP) is 5.71. The van der Waals surface area contributed by atoms with Gasteiger partial charge in [0, 0.05) is 22.3 Å². The Morgan fingerprint density at radius 3 is 2.05 bits per heavy atom. The zero-order chi connectivity index (χ0) is 28.8. The Balaban J connectivity index is 1.47. The largest absolute Gasteiger partial charge is 0.444 e. The van der Waals surface area contributed by atoms with E-state index in [1.165, 1.54) is 19.1 Å². The van der Waals surface area contributed by atoms with Crippen molar-refractivity contribution in [3.05, 3.63) is 64.7 Å². The van der Waals surface area contributed by atoms with Crippen molar-refractivity contribution >= 4 is 23.6 Å². The third-order valence-electron chi connectivity index (χ3n) is 7.25. The van der Waals surface area contributed by atoms with Gasteiger partial charge in [-0.2, -0.15) is 8.78 Å². The van der Waals surface area contributed by atoms with E-state index in [1.807, 2.05) is 0 Å². The molecule has 2 saturated carbocycles. The van der Waals surface area contributed by atoms with E-state index in [1.54, 1.807) is 20.8 Å². The molecular formula is C28H31F4N3O4. The quantitative estimate of drug-likeness (QED) is 0.402. The summed E-state index contributed by atoms with van der Waals surface area (Å²) in [4.78, 5) is 37.8. The summed E-state index contributed by atoms with van der Waals surface area (Å²) in [5, 5.41) is 7.70. The van der Waals surface area contributed by atoms with Gasteiger partial charge in [0.25, 0.3) is 11.8 Å². The highest BCUT2D eigenvalue weighted by Crippen LogP contribution is 2.51. The summed E-state index contributed by atoms with van der Waals surface area (Å²) < 4.78 is 64.0. The van der Waals surface area contributed by atoms with Crippen molar-refractivity contribution in [2.45, 2.75) is 82.4 Å². The number of carbonyl (C=O) groups is 3. The summed E-state index contributed by atoms with van der Waals surface area (Å²) in [6, 6.07) is 6.15. The van der Waals surface area contributed by atoms with Crippen LogP contribution in [0.2, 0.25) is 0 Å². The molecule has 2 aliphatic carbocycles. The van der Waals surface area contributed by atoms with Gasteiger partial charge >= 0.3 is 12.0 Å². The molecule has 0 aromatic heterocycles. The van der Waals surface area contributed by atoms with Crippen LogP contribution in [0.3, 0.4) is 0 Å². The number of benzene rings is 2. The van der Waals surface area contributed by atoms with Crippen LogP contribution in [0.25, 0.3) is 0 Å². The summed E-state index contributed by atoms with van der Waals surface area (Å²) >= 11 is 0. The number of rotatable bonds is 6. The van der Waals surface area contributed by atoms with Gasteiger partial charge in [-0.3, -0.25) is 9.59 Å². The smallest absolute Gasteiger partial charge is 0.408 e. The number of alkyl carbamates (subject to hydrolysis) is 1. The highest BCUT2D eigenvalue weighted by Gasteiger charge is 2.58. The number of hydrogen-bond acceptors (Lipinski definition) is 4. The minimum absolute atomic E-state index is 0.222. The van der Waals surface area contributed by atoms with Crippen molar-refractivity contribution in [1.29, 1.82) is 0 Å². The first-order chi connectivity index (χ1) is 18.0. The number of halogens is 4. The lowest BCUT2D eigenvalue weighted by Gasteiger charge is -2.31. The molecule has 4 rings (SSSR count). The number of fused-ring (bicyclic) bond motifs is 2. The molecule has 11 heteroatoms.